The molecule has 0 aliphatic heterocycles. The van der Waals surface area contributed by atoms with E-state index in [9.17, 15) is 0 Å². The normalized spacial score (nSPS) is 11.9. The zero-order valence-corrected chi connectivity index (χ0v) is 35.9. The third-order valence-corrected chi connectivity index (χ3v) is 13.7. The summed E-state index contributed by atoms with van der Waals surface area (Å²) < 4.78 is 4.86. The van der Waals surface area contributed by atoms with Crippen LogP contribution in [-0.2, 0) is 0 Å². The molecule has 12 aromatic carbocycles. The van der Waals surface area contributed by atoms with Crippen LogP contribution in [0.4, 0.5) is 34.1 Å². The zero-order valence-electron chi connectivity index (χ0n) is 35.9. The Balaban J connectivity index is 0.934. The predicted octanol–water partition coefficient (Wildman–Crippen LogP) is 17.2. The van der Waals surface area contributed by atoms with Gasteiger partial charge >= 0.3 is 0 Å². The van der Waals surface area contributed by atoms with E-state index in [4.69, 9.17) is 0 Å². The Hall–Kier alpha value is -8.86. The van der Waals surface area contributed by atoms with Gasteiger partial charge in [0.05, 0.1) is 22.1 Å². The first-order valence-corrected chi connectivity index (χ1v) is 22.7. The van der Waals surface area contributed by atoms with Crippen LogP contribution in [-0.4, -0.2) is 9.13 Å². The van der Waals surface area contributed by atoms with E-state index in [1.54, 1.807) is 0 Å². The molecule has 4 heteroatoms. The van der Waals surface area contributed by atoms with Gasteiger partial charge in [-0.25, -0.2) is 0 Å². The van der Waals surface area contributed by atoms with Gasteiger partial charge in [0, 0.05) is 67.0 Å². The molecule has 0 fully saturated rings. The second kappa shape index (κ2) is 14.3. The number of fused-ring (bicyclic) bond motifs is 1. The van der Waals surface area contributed by atoms with Crippen LogP contribution in [0.15, 0.2) is 243 Å². The van der Waals surface area contributed by atoms with Crippen LogP contribution in [0.3, 0.4) is 0 Å². The summed E-state index contributed by atoms with van der Waals surface area (Å²) in [6, 6.07) is 88.7. The Bertz CT molecular complexity index is 3830. The van der Waals surface area contributed by atoms with Gasteiger partial charge in [0.1, 0.15) is 0 Å². The fraction of sp³-hybridized carbons (Fsp3) is 0. The Morgan fingerprint density at radius 1 is 0.212 bits per heavy atom. The van der Waals surface area contributed by atoms with Gasteiger partial charge in [-0.2, -0.15) is 0 Å². The third-order valence-electron chi connectivity index (χ3n) is 13.7. The van der Waals surface area contributed by atoms with Crippen LogP contribution in [0.1, 0.15) is 0 Å². The average molecular weight is 841 g/mol. The molecule has 0 aliphatic carbocycles. The smallest absolute Gasteiger partial charge is 0.0568 e. The summed E-state index contributed by atoms with van der Waals surface area (Å²) in [6.45, 7) is 0. The van der Waals surface area contributed by atoms with E-state index in [0.29, 0.717) is 0 Å². The van der Waals surface area contributed by atoms with Crippen molar-refractivity contribution in [1.29, 1.82) is 0 Å². The summed E-state index contributed by atoms with van der Waals surface area (Å²) in [5.41, 5.74) is 13.8. The molecule has 0 N–H and O–H groups in total. The van der Waals surface area contributed by atoms with Crippen molar-refractivity contribution >= 4 is 110 Å². The van der Waals surface area contributed by atoms with E-state index >= 15 is 0 Å². The Morgan fingerprint density at radius 2 is 0.561 bits per heavy atom. The van der Waals surface area contributed by atoms with E-state index in [1.165, 1.54) is 75.9 Å². The largest absolute Gasteiger partial charge is 0.310 e. The molecule has 66 heavy (non-hydrogen) atoms. The highest BCUT2D eigenvalue weighted by atomic mass is 15.2. The third kappa shape index (κ3) is 5.52. The van der Waals surface area contributed by atoms with Crippen LogP contribution in [0.25, 0.3) is 87.3 Å². The van der Waals surface area contributed by atoms with Gasteiger partial charge < -0.3 is 18.9 Å². The molecule has 0 spiro atoms. The van der Waals surface area contributed by atoms with Crippen LogP contribution in [0.2, 0.25) is 0 Å². The van der Waals surface area contributed by atoms with Crippen LogP contribution in [0, 0.1) is 0 Å². The summed E-state index contributed by atoms with van der Waals surface area (Å²) in [5.74, 6) is 0. The number of nitrogens with zero attached hydrogens (tertiary/aromatic N) is 4. The first-order valence-electron chi connectivity index (χ1n) is 22.7. The summed E-state index contributed by atoms with van der Waals surface area (Å²) in [5, 5.41) is 12.5. The molecule has 0 atom stereocenters. The Morgan fingerprint density at radius 3 is 0.985 bits per heavy atom. The maximum atomic E-state index is 2.43. The number of aromatic nitrogens is 2. The lowest BCUT2D eigenvalue weighted by Gasteiger charge is -2.28. The van der Waals surface area contributed by atoms with Crippen molar-refractivity contribution in [2.24, 2.45) is 0 Å². The number of hydrogen-bond donors (Lipinski definition) is 0. The number of hydrogen-bond acceptors (Lipinski definition) is 2. The fourth-order valence-electron chi connectivity index (χ4n) is 10.9. The number of rotatable bonds is 8. The first kappa shape index (κ1) is 36.6. The van der Waals surface area contributed by atoms with Gasteiger partial charge in [-0.1, -0.05) is 133 Å². The van der Waals surface area contributed by atoms with Crippen molar-refractivity contribution in [3.8, 4) is 11.4 Å². The van der Waals surface area contributed by atoms with Gasteiger partial charge in [0.25, 0.3) is 0 Å². The molecule has 4 nitrogen and oxygen atoms in total. The quantitative estimate of drug-likeness (QED) is 0.142. The molecule has 308 valence electrons. The number of para-hydroxylation sites is 4. The van der Waals surface area contributed by atoms with Crippen molar-refractivity contribution in [1.82, 2.24) is 9.13 Å². The average Bonchev–Trinajstić information content (AvgIpc) is 3.90. The molecule has 0 aliphatic rings. The van der Waals surface area contributed by atoms with Gasteiger partial charge in [0.2, 0.25) is 0 Å². The summed E-state index contributed by atoms with van der Waals surface area (Å²) in [6.07, 6.45) is 0. The molecular formula is C62H40N4. The molecule has 2 heterocycles. The Labute approximate surface area is 381 Å². The minimum atomic E-state index is 1.10. The first-order chi connectivity index (χ1) is 32.7. The van der Waals surface area contributed by atoms with Crippen molar-refractivity contribution in [3.63, 3.8) is 0 Å². The standard InChI is InChI=1S/C62H40N4/c1-5-17-47(18-6-1)63(53-37-45-29-27-41-15-13-25-55-59(41)61(45)57(39-53)65(55)49-21-9-3-10-22-49)51-33-31-44-36-52(34-32-43(44)35-51)64(48-19-7-2-8-20-48)54-38-46-30-28-42-16-14-26-56-60(42)62(46)58(40-54)66(56)50-23-11-4-12-24-50/h1-40H. The molecule has 0 amide bonds. The molecule has 0 bridgehead atoms. The molecule has 0 saturated carbocycles. The monoisotopic (exact) mass is 840 g/mol. The topological polar surface area (TPSA) is 16.3 Å². The van der Waals surface area contributed by atoms with Gasteiger partial charge in [-0.15, -0.1) is 0 Å². The lowest BCUT2D eigenvalue weighted by atomic mass is 10.0. The minimum absolute atomic E-state index is 1.10. The number of benzene rings is 12. The second-order valence-electron chi connectivity index (χ2n) is 17.4. The fourth-order valence-corrected chi connectivity index (χ4v) is 10.9. The lowest BCUT2D eigenvalue weighted by Crippen LogP contribution is -2.11. The maximum absolute atomic E-state index is 2.43. The summed E-state index contributed by atoms with van der Waals surface area (Å²) >= 11 is 0. The zero-order chi connectivity index (χ0) is 43.3. The second-order valence-corrected chi connectivity index (χ2v) is 17.4. The van der Waals surface area contributed by atoms with E-state index in [-0.39, 0.29) is 0 Å². The maximum Gasteiger partial charge on any atom is 0.0568 e. The molecule has 2 aromatic heterocycles. The minimum Gasteiger partial charge on any atom is -0.310 e. The van der Waals surface area contributed by atoms with Gasteiger partial charge in [-0.3, -0.25) is 0 Å². The van der Waals surface area contributed by atoms with Crippen molar-refractivity contribution < 1.29 is 0 Å². The molecule has 0 radical (unpaired) electrons. The Kier molecular flexibility index (Phi) is 7.95. The molecule has 0 saturated heterocycles. The van der Waals surface area contributed by atoms with Crippen molar-refractivity contribution in [3.05, 3.63) is 243 Å². The highest BCUT2D eigenvalue weighted by Gasteiger charge is 2.23. The van der Waals surface area contributed by atoms with Crippen LogP contribution >= 0.6 is 0 Å². The van der Waals surface area contributed by atoms with Crippen LogP contribution in [0.5, 0.6) is 0 Å². The van der Waals surface area contributed by atoms with E-state index in [2.05, 4.69) is 262 Å². The lowest BCUT2D eigenvalue weighted by molar-refractivity contribution is 1.18. The van der Waals surface area contributed by atoms with E-state index in [1.807, 2.05) is 0 Å². The molecule has 14 rings (SSSR count). The summed E-state index contributed by atoms with van der Waals surface area (Å²) in [7, 11) is 0. The van der Waals surface area contributed by atoms with E-state index < -0.39 is 0 Å². The molecule has 14 aromatic rings. The predicted molar refractivity (Wildman–Crippen MR) is 279 cm³/mol. The van der Waals surface area contributed by atoms with Gasteiger partial charge in [-0.05, 0) is 142 Å². The SMILES string of the molecule is c1ccc(N(c2ccc3cc(N(c4ccccc4)c4cc5ccc6cccc7c6c5c(c4)n7-c4ccccc4)ccc3c2)c2cc3ccc4cccc5c4c3c(c2)n5-c2ccccc2)cc1. The van der Waals surface area contributed by atoms with Gasteiger partial charge in [0.15, 0.2) is 0 Å². The summed E-state index contributed by atoms with van der Waals surface area (Å²) in [4.78, 5) is 4.81. The van der Waals surface area contributed by atoms with Crippen LogP contribution < -0.4 is 9.80 Å². The van der Waals surface area contributed by atoms with Crippen molar-refractivity contribution in [2.45, 2.75) is 0 Å². The number of anilines is 6. The molecular weight excluding hydrogens is 801 g/mol. The highest BCUT2D eigenvalue weighted by Crippen LogP contribution is 2.47. The van der Waals surface area contributed by atoms with E-state index in [0.717, 1.165) is 45.5 Å². The van der Waals surface area contributed by atoms with Crippen molar-refractivity contribution in [2.75, 3.05) is 9.80 Å². The molecule has 0 unspecified atom stereocenters. The highest BCUT2D eigenvalue weighted by molar-refractivity contribution is 6.26.